The Morgan fingerprint density at radius 1 is 1.11 bits per heavy atom. The van der Waals surface area contributed by atoms with Crippen LogP contribution in [0.15, 0.2) is 46.9 Å². The Kier molecular flexibility index (Phi) is 3.92. The summed E-state index contributed by atoms with van der Waals surface area (Å²) in [6.07, 6.45) is 0. The van der Waals surface area contributed by atoms with Crippen molar-refractivity contribution in [1.29, 1.82) is 0 Å². The summed E-state index contributed by atoms with van der Waals surface area (Å²) in [6.45, 7) is 4.19. The molecular formula is C15H17BrN2. The minimum Gasteiger partial charge on any atom is -0.399 e. The predicted molar refractivity (Wildman–Crippen MR) is 81.8 cm³/mol. The standard InChI is InChI=1S/C15H17BrN2/c1-10-7-14(17)9-15(8-10)18-11(2)12-3-5-13(16)6-4-12/h3-9,11,18H,17H2,1-2H3. The van der Waals surface area contributed by atoms with E-state index in [1.807, 2.05) is 19.1 Å². The number of nitrogens with two attached hydrogens (primary N) is 1. The number of benzene rings is 2. The van der Waals surface area contributed by atoms with E-state index in [4.69, 9.17) is 5.73 Å². The first-order chi connectivity index (χ1) is 8.54. The summed E-state index contributed by atoms with van der Waals surface area (Å²) in [4.78, 5) is 0. The number of hydrogen-bond acceptors (Lipinski definition) is 2. The Morgan fingerprint density at radius 2 is 1.78 bits per heavy atom. The van der Waals surface area contributed by atoms with E-state index in [1.54, 1.807) is 0 Å². The van der Waals surface area contributed by atoms with Crippen LogP contribution in [0, 0.1) is 6.92 Å². The van der Waals surface area contributed by atoms with Gasteiger partial charge >= 0.3 is 0 Å². The minimum absolute atomic E-state index is 0.249. The molecule has 0 aliphatic carbocycles. The third kappa shape index (κ3) is 3.26. The number of rotatable bonds is 3. The van der Waals surface area contributed by atoms with Gasteiger partial charge in [0, 0.05) is 21.9 Å². The number of aryl methyl sites for hydroxylation is 1. The van der Waals surface area contributed by atoms with Crippen LogP contribution >= 0.6 is 15.9 Å². The van der Waals surface area contributed by atoms with Gasteiger partial charge in [-0.05, 0) is 55.3 Å². The highest BCUT2D eigenvalue weighted by atomic mass is 79.9. The molecule has 2 aromatic rings. The molecule has 0 saturated heterocycles. The van der Waals surface area contributed by atoms with Gasteiger partial charge in [-0.1, -0.05) is 28.1 Å². The maximum Gasteiger partial charge on any atom is 0.0485 e. The second kappa shape index (κ2) is 5.44. The van der Waals surface area contributed by atoms with E-state index in [0.29, 0.717) is 0 Å². The molecule has 0 radical (unpaired) electrons. The zero-order valence-electron chi connectivity index (χ0n) is 10.6. The normalized spacial score (nSPS) is 12.2. The maximum absolute atomic E-state index is 5.85. The van der Waals surface area contributed by atoms with Gasteiger partial charge in [-0.25, -0.2) is 0 Å². The molecule has 2 rings (SSSR count). The SMILES string of the molecule is Cc1cc(N)cc(NC(C)c2ccc(Br)cc2)c1. The quantitative estimate of drug-likeness (QED) is 0.819. The van der Waals surface area contributed by atoms with E-state index in [-0.39, 0.29) is 6.04 Å². The topological polar surface area (TPSA) is 38.0 Å². The van der Waals surface area contributed by atoms with Crippen molar-refractivity contribution in [1.82, 2.24) is 0 Å². The van der Waals surface area contributed by atoms with E-state index in [1.165, 1.54) is 11.1 Å². The Morgan fingerprint density at radius 3 is 2.39 bits per heavy atom. The number of anilines is 2. The van der Waals surface area contributed by atoms with Crippen molar-refractivity contribution in [2.45, 2.75) is 19.9 Å². The smallest absolute Gasteiger partial charge is 0.0485 e. The molecule has 0 aliphatic heterocycles. The molecule has 0 bridgehead atoms. The molecule has 2 nitrogen and oxygen atoms in total. The molecule has 0 fully saturated rings. The zero-order valence-corrected chi connectivity index (χ0v) is 12.2. The van der Waals surface area contributed by atoms with Crippen LogP contribution in [-0.4, -0.2) is 0 Å². The van der Waals surface area contributed by atoms with E-state index >= 15 is 0 Å². The van der Waals surface area contributed by atoms with E-state index < -0.39 is 0 Å². The summed E-state index contributed by atoms with van der Waals surface area (Å²) >= 11 is 3.44. The van der Waals surface area contributed by atoms with Gasteiger partial charge in [0.05, 0.1) is 0 Å². The molecular weight excluding hydrogens is 288 g/mol. The summed E-state index contributed by atoms with van der Waals surface area (Å²) in [5.74, 6) is 0. The van der Waals surface area contributed by atoms with Gasteiger partial charge in [0.1, 0.15) is 0 Å². The average Bonchev–Trinajstić information content (AvgIpc) is 2.28. The maximum atomic E-state index is 5.85. The van der Waals surface area contributed by atoms with E-state index in [9.17, 15) is 0 Å². The van der Waals surface area contributed by atoms with E-state index in [2.05, 4.69) is 58.5 Å². The fraction of sp³-hybridized carbons (Fsp3) is 0.200. The van der Waals surface area contributed by atoms with Crippen LogP contribution in [0.3, 0.4) is 0 Å². The summed E-state index contributed by atoms with van der Waals surface area (Å²) in [6, 6.07) is 14.6. The van der Waals surface area contributed by atoms with Gasteiger partial charge in [-0.2, -0.15) is 0 Å². The number of hydrogen-bond donors (Lipinski definition) is 2. The molecule has 94 valence electrons. The molecule has 18 heavy (non-hydrogen) atoms. The van der Waals surface area contributed by atoms with Gasteiger partial charge in [-0.3, -0.25) is 0 Å². The van der Waals surface area contributed by atoms with Gasteiger partial charge in [-0.15, -0.1) is 0 Å². The fourth-order valence-electron chi connectivity index (χ4n) is 1.98. The molecule has 0 aromatic heterocycles. The van der Waals surface area contributed by atoms with Gasteiger partial charge in [0.2, 0.25) is 0 Å². The first-order valence-corrected chi connectivity index (χ1v) is 6.73. The van der Waals surface area contributed by atoms with Crippen molar-refractivity contribution in [2.75, 3.05) is 11.1 Å². The molecule has 0 aliphatic rings. The third-order valence-electron chi connectivity index (χ3n) is 2.85. The highest BCUT2D eigenvalue weighted by Gasteiger charge is 2.05. The van der Waals surface area contributed by atoms with Crippen molar-refractivity contribution < 1.29 is 0 Å². The van der Waals surface area contributed by atoms with Crippen molar-refractivity contribution in [3.8, 4) is 0 Å². The number of halogens is 1. The van der Waals surface area contributed by atoms with Crippen LogP contribution in [-0.2, 0) is 0 Å². The van der Waals surface area contributed by atoms with Crippen LogP contribution in [0.25, 0.3) is 0 Å². The highest BCUT2D eigenvalue weighted by molar-refractivity contribution is 9.10. The lowest BCUT2D eigenvalue weighted by Gasteiger charge is -2.16. The van der Waals surface area contributed by atoms with E-state index in [0.717, 1.165) is 15.8 Å². The first-order valence-electron chi connectivity index (χ1n) is 5.94. The zero-order chi connectivity index (χ0) is 13.1. The predicted octanol–water partition coefficient (Wildman–Crippen LogP) is 4.51. The number of nitrogens with one attached hydrogen (secondary N) is 1. The van der Waals surface area contributed by atoms with Crippen molar-refractivity contribution >= 4 is 27.3 Å². The molecule has 2 aromatic carbocycles. The second-order valence-electron chi connectivity index (χ2n) is 4.55. The monoisotopic (exact) mass is 304 g/mol. The minimum atomic E-state index is 0.249. The summed E-state index contributed by atoms with van der Waals surface area (Å²) in [7, 11) is 0. The molecule has 3 heteroatoms. The van der Waals surface area contributed by atoms with Gasteiger partial charge in [0.25, 0.3) is 0 Å². The van der Waals surface area contributed by atoms with Crippen LogP contribution in [0.4, 0.5) is 11.4 Å². The molecule has 1 atom stereocenters. The fourth-order valence-corrected chi connectivity index (χ4v) is 2.25. The molecule has 0 saturated carbocycles. The van der Waals surface area contributed by atoms with Gasteiger partial charge in [0.15, 0.2) is 0 Å². The third-order valence-corrected chi connectivity index (χ3v) is 3.38. The lowest BCUT2D eigenvalue weighted by Crippen LogP contribution is -2.06. The second-order valence-corrected chi connectivity index (χ2v) is 5.47. The summed E-state index contributed by atoms with van der Waals surface area (Å²) < 4.78 is 1.10. The van der Waals surface area contributed by atoms with Gasteiger partial charge < -0.3 is 11.1 Å². The lowest BCUT2D eigenvalue weighted by molar-refractivity contribution is 0.884. The molecule has 3 N–H and O–H groups in total. The molecule has 1 unspecified atom stereocenters. The lowest BCUT2D eigenvalue weighted by atomic mass is 10.1. The van der Waals surface area contributed by atoms with Crippen LogP contribution in [0.5, 0.6) is 0 Å². The Balaban J connectivity index is 2.15. The Labute approximate surface area is 116 Å². The van der Waals surface area contributed by atoms with Crippen LogP contribution in [0.2, 0.25) is 0 Å². The number of nitrogen functional groups attached to an aromatic ring is 1. The first kappa shape index (κ1) is 13.0. The van der Waals surface area contributed by atoms with Crippen LogP contribution < -0.4 is 11.1 Å². The summed E-state index contributed by atoms with van der Waals surface area (Å²) in [5.41, 5.74) is 10.1. The average molecular weight is 305 g/mol. The summed E-state index contributed by atoms with van der Waals surface area (Å²) in [5, 5.41) is 3.46. The molecule has 0 spiro atoms. The van der Waals surface area contributed by atoms with Crippen molar-refractivity contribution in [3.05, 3.63) is 58.1 Å². The largest absolute Gasteiger partial charge is 0.399 e. The van der Waals surface area contributed by atoms with Crippen LogP contribution in [0.1, 0.15) is 24.1 Å². The molecule has 0 amide bonds. The van der Waals surface area contributed by atoms with Crippen molar-refractivity contribution in [3.63, 3.8) is 0 Å². The Hall–Kier alpha value is -1.48. The highest BCUT2D eigenvalue weighted by Crippen LogP contribution is 2.23. The molecule has 0 heterocycles. The van der Waals surface area contributed by atoms with Crippen molar-refractivity contribution in [2.24, 2.45) is 0 Å². The Bertz CT molecular complexity index is 514.